The number of hydrogen-bond acceptors (Lipinski definition) is 1. The summed E-state index contributed by atoms with van der Waals surface area (Å²) in [5.74, 6) is 5.50. The summed E-state index contributed by atoms with van der Waals surface area (Å²) in [6, 6.07) is 2.54. The van der Waals surface area contributed by atoms with Crippen molar-refractivity contribution in [2.24, 2.45) is 0 Å². The van der Waals surface area contributed by atoms with Crippen LogP contribution in [0.3, 0.4) is 0 Å². The number of alkyl halides is 3. The van der Waals surface area contributed by atoms with Crippen molar-refractivity contribution < 1.29 is 13.2 Å². The van der Waals surface area contributed by atoms with Crippen molar-refractivity contribution in [2.45, 2.75) is 6.18 Å². The largest absolute Gasteiger partial charge is 0.505 e. The maximum atomic E-state index is 11.7. The summed E-state index contributed by atoms with van der Waals surface area (Å²) < 4.78 is 35.0. The van der Waals surface area contributed by atoms with Crippen molar-refractivity contribution in [3.63, 3.8) is 0 Å². The minimum Gasteiger partial charge on any atom is -0.294 e. The average Bonchev–Trinajstić information content (AvgIpc) is 2.02. The number of rotatable bonds is 1. The Hall–Kier alpha value is -1.68. The van der Waals surface area contributed by atoms with Crippen molar-refractivity contribution in [1.82, 2.24) is 4.90 Å². The van der Waals surface area contributed by atoms with Gasteiger partial charge in [-0.05, 0) is 6.58 Å². The zero-order chi connectivity index (χ0) is 11.2. The van der Waals surface area contributed by atoms with Crippen LogP contribution in [0, 0.1) is 29.7 Å². The van der Waals surface area contributed by atoms with E-state index in [1.807, 2.05) is 5.92 Å². The van der Waals surface area contributed by atoms with Crippen LogP contribution in [-0.4, -0.2) is 25.2 Å². The standard InChI is InChI=1S/C10H9F3N/c1-4-9(6-8-14(2)3)5-7-10(11,12)13/h4H,1H2,2-3H3/q+1. The van der Waals surface area contributed by atoms with Gasteiger partial charge >= 0.3 is 6.18 Å². The lowest BCUT2D eigenvalue weighted by Gasteiger charge is -1.92. The third kappa shape index (κ3) is 7.00. The van der Waals surface area contributed by atoms with Crippen LogP contribution in [-0.2, 0) is 0 Å². The summed E-state index contributed by atoms with van der Waals surface area (Å²) in [5.41, 5.74) is 0. The Morgan fingerprint density at radius 1 is 1.29 bits per heavy atom. The smallest absolute Gasteiger partial charge is 0.294 e. The Labute approximate surface area is 81.6 Å². The summed E-state index contributed by atoms with van der Waals surface area (Å²) in [6.07, 6.45) is -3.30. The molecule has 1 nitrogen and oxygen atoms in total. The first-order valence-corrected chi connectivity index (χ1v) is 3.63. The molecule has 0 atom stereocenters. The van der Waals surface area contributed by atoms with Gasteiger partial charge in [-0.3, -0.25) is 4.90 Å². The van der Waals surface area contributed by atoms with Gasteiger partial charge in [-0.2, -0.15) is 0 Å². The topological polar surface area (TPSA) is 3.24 Å². The fraction of sp³-hybridized carbons (Fsp3) is 0.300. The molecule has 0 aliphatic heterocycles. The average molecular weight is 200 g/mol. The van der Waals surface area contributed by atoms with Crippen LogP contribution in [0.1, 0.15) is 0 Å². The summed E-state index contributed by atoms with van der Waals surface area (Å²) in [5, 5.41) is 0. The molecule has 14 heavy (non-hydrogen) atoms. The highest BCUT2D eigenvalue weighted by Crippen LogP contribution is 2.12. The zero-order valence-corrected chi connectivity index (χ0v) is 7.87. The van der Waals surface area contributed by atoms with Crippen molar-refractivity contribution in [3.8, 4) is 23.8 Å². The molecule has 0 saturated heterocycles. The predicted molar refractivity (Wildman–Crippen MR) is 48.7 cm³/mol. The van der Waals surface area contributed by atoms with Crippen LogP contribution >= 0.6 is 0 Å². The van der Waals surface area contributed by atoms with E-state index >= 15 is 0 Å². The normalized spacial score (nSPS) is 8.93. The molecule has 0 aliphatic rings. The van der Waals surface area contributed by atoms with E-state index in [4.69, 9.17) is 0 Å². The molecule has 0 N–H and O–H groups in total. The molecule has 0 saturated carbocycles. The lowest BCUT2D eigenvalue weighted by atomic mass is 10.1. The van der Waals surface area contributed by atoms with Gasteiger partial charge in [0.1, 0.15) is 12.0 Å². The highest BCUT2D eigenvalue weighted by molar-refractivity contribution is 5.44. The fourth-order valence-electron chi connectivity index (χ4n) is 0.444. The molecule has 0 aromatic carbocycles. The minimum atomic E-state index is -4.49. The Kier molecular flexibility index (Phi) is 4.52. The van der Waals surface area contributed by atoms with E-state index in [1.54, 1.807) is 14.1 Å². The third-order valence-corrected chi connectivity index (χ3v) is 0.957. The van der Waals surface area contributed by atoms with E-state index in [0.717, 1.165) is 5.92 Å². The Morgan fingerprint density at radius 2 is 1.86 bits per heavy atom. The van der Waals surface area contributed by atoms with E-state index in [9.17, 15) is 13.2 Å². The molecule has 4 heteroatoms. The fourth-order valence-corrected chi connectivity index (χ4v) is 0.444. The van der Waals surface area contributed by atoms with Gasteiger partial charge in [-0.1, -0.05) is 0 Å². The first-order chi connectivity index (χ1) is 6.35. The molecule has 0 aliphatic carbocycles. The van der Waals surface area contributed by atoms with E-state index in [-0.39, 0.29) is 5.92 Å². The monoisotopic (exact) mass is 200 g/mol. The van der Waals surface area contributed by atoms with Gasteiger partial charge in [0.2, 0.25) is 0 Å². The van der Waals surface area contributed by atoms with Gasteiger partial charge in [-0.25, -0.2) is 0 Å². The van der Waals surface area contributed by atoms with Gasteiger partial charge in [-0.15, -0.1) is 13.2 Å². The summed E-state index contributed by atoms with van der Waals surface area (Å²) in [7, 11) is 3.34. The van der Waals surface area contributed by atoms with Gasteiger partial charge in [0.15, 0.2) is 5.92 Å². The Bertz CT molecular complexity index is 306. The third-order valence-electron chi connectivity index (χ3n) is 0.957. The van der Waals surface area contributed by atoms with Crippen LogP contribution in [0.2, 0.25) is 0 Å². The van der Waals surface area contributed by atoms with Crippen LogP contribution in [0.4, 0.5) is 13.2 Å². The summed E-state index contributed by atoms with van der Waals surface area (Å²) >= 11 is 0. The number of nitrogens with zero attached hydrogens (tertiary/aromatic N) is 1. The van der Waals surface area contributed by atoms with E-state index in [0.29, 0.717) is 0 Å². The van der Waals surface area contributed by atoms with Gasteiger partial charge < -0.3 is 0 Å². The predicted octanol–water partition coefficient (Wildman–Crippen LogP) is 1.84. The molecule has 0 heterocycles. The van der Waals surface area contributed by atoms with Crippen molar-refractivity contribution in [2.75, 3.05) is 14.1 Å². The van der Waals surface area contributed by atoms with Crippen LogP contribution in [0.15, 0.2) is 12.7 Å². The molecule has 0 spiro atoms. The second-order valence-electron chi connectivity index (χ2n) is 2.50. The lowest BCUT2D eigenvalue weighted by molar-refractivity contribution is -0.0697. The minimum absolute atomic E-state index is 0.0519. The van der Waals surface area contributed by atoms with Crippen LogP contribution in [0.5, 0.6) is 0 Å². The SMILES string of the molecule is C=C[C+](C#CN(C)C)C#CC(F)(F)F. The molecule has 0 amide bonds. The number of allylic oxidation sites excluding steroid dienone is 1. The molecule has 0 aromatic rings. The first-order valence-electron chi connectivity index (χ1n) is 3.63. The van der Waals surface area contributed by atoms with Crippen molar-refractivity contribution in [3.05, 3.63) is 18.6 Å². The second kappa shape index (κ2) is 5.14. The molecule has 0 radical (unpaired) electrons. The molecule has 0 aromatic heterocycles. The van der Waals surface area contributed by atoms with E-state index in [2.05, 4.69) is 18.5 Å². The molecular formula is C10H9F3N+. The molecule has 0 rings (SSSR count). The summed E-state index contributed by atoms with van der Waals surface area (Å²) in [6.45, 7) is 3.31. The van der Waals surface area contributed by atoms with Gasteiger partial charge in [0.25, 0.3) is 0 Å². The highest BCUT2D eigenvalue weighted by Gasteiger charge is 2.28. The molecule has 0 unspecified atom stereocenters. The van der Waals surface area contributed by atoms with Crippen molar-refractivity contribution in [1.29, 1.82) is 0 Å². The lowest BCUT2D eigenvalue weighted by Crippen LogP contribution is -2.04. The molecule has 0 bridgehead atoms. The second-order valence-corrected chi connectivity index (χ2v) is 2.50. The van der Waals surface area contributed by atoms with Crippen LogP contribution < -0.4 is 0 Å². The highest BCUT2D eigenvalue weighted by atomic mass is 19.4. The molecular weight excluding hydrogens is 191 g/mol. The maximum absolute atomic E-state index is 11.7. The van der Waals surface area contributed by atoms with E-state index in [1.165, 1.54) is 11.0 Å². The van der Waals surface area contributed by atoms with Gasteiger partial charge in [0, 0.05) is 20.2 Å². The Morgan fingerprint density at radius 3 is 2.21 bits per heavy atom. The van der Waals surface area contributed by atoms with Gasteiger partial charge in [0.05, 0.1) is 11.8 Å². The molecule has 74 valence electrons. The quantitative estimate of drug-likeness (QED) is 0.354. The number of hydrogen-bond donors (Lipinski definition) is 0. The zero-order valence-electron chi connectivity index (χ0n) is 7.87. The Balaban J connectivity index is 4.53. The number of halogens is 3. The first kappa shape index (κ1) is 12.3. The van der Waals surface area contributed by atoms with E-state index < -0.39 is 6.18 Å². The summed E-state index contributed by atoms with van der Waals surface area (Å²) in [4.78, 5) is 1.51. The van der Waals surface area contributed by atoms with Crippen LogP contribution in [0.25, 0.3) is 0 Å². The van der Waals surface area contributed by atoms with Crippen molar-refractivity contribution >= 4 is 0 Å². The molecule has 0 fully saturated rings. The maximum Gasteiger partial charge on any atom is 0.505 e.